The van der Waals surface area contributed by atoms with E-state index in [4.69, 9.17) is 11.6 Å². The molecule has 1 N–H and O–H groups in total. The average molecular weight is 484 g/mol. The molecule has 32 heavy (non-hydrogen) atoms. The summed E-state index contributed by atoms with van der Waals surface area (Å²) in [5.41, 5.74) is 0.430. The highest BCUT2D eigenvalue weighted by Gasteiger charge is 2.33. The number of amides is 1. The van der Waals surface area contributed by atoms with E-state index in [2.05, 4.69) is 32.5 Å². The number of benzene rings is 1. The molecule has 170 valence electrons. The van der Waals surface area contributed by atoms with Crippen LogP contribution in [0.3, 0.4) is 0 Å². The smallest absolute Gasteiger partial charge is 0.351 e. The second kappa shape index (κ2) is 9.29. The molecule has 1 saturated heterocycles. The lowest BCUT2D eigenvalue weighted by Gasteiger charge is -2.18. The Labute approximate surface area is 192 Å². The van der Waals surface area contributed by atoms with E-state index in [1.807, 2.05) is 18.2 Å². The van der Waals surface area contributed by atoms with E-state index in [0.29, 0.717) is 0 Å². The Morgan fingerprint density at radius 2 is 2.06 bits per heavy atom. The summed E-state index contributed by atoms with van der Waals surface area (Å²) >= 11 is 6.99. The van der Waals surface area contributed by atoms with Crippen LogP contribution in [-0.2, 0) is 17.5 Å². The van der Waals surface area contributed by atoms with Gasteiger partial charge < -0.3 is 5.32 Å². The third-order valence-corrected chi connectivity index (χ3v) is 6.61. The number of aromatic nitrogens is 3. The Morgan fingerprint density at radius 3 is 2.78 bits per heavy atom. The maximum atomic E-state index is 13.1. The van der Waals surface area contributed by atoms with E-state index in [1.165, 1.54) is 9.96 Å². The van der Waals surface area contributed by atoms with Gasteiger partial charge in [-0.25, -0.2) is 0 Å². The zero-order valence-electron chi connectivity index (χ0n) is 17.1. The van der Waals surface area contributed by atoms with Crippen molar-refractivity contribution in [2.24, 2.45) is 0 Å². The highest BCUT2D eigenvalue weighted by Crippen LogP contribution is 2.33. The van der Waals surface area contributed by atoms with Crippen molar-refractivity contribution >= 4 is 34.9 Å². The number of likely N-dealkylation sites (tertiary alicyclic amines) is 1. The van der Waals surface area contributed by atoms with E-state index in [1.54, 1.807) is 6.92 Å². The van der Waals surface area contributed by atoms with Crippen molar-refractivity contribution in [2.45, 2.75) is 42.5 Å². The Balaban J connectivity index is 1.38. The molecular formula is C21H21ClF3N5OS. The van der Waals surface area contributed by atoms with Crippen LogP contribution in [0.25, 0.3) is 5.65 Å². The molecule has 1 aromatic carbocycles. The predicted molar refractivity (Wildman–Crippen MR) is 117 cm³/mol. The molecule has 1 aliphatic rings. The van der Waals surface area contributed by atoms with Crippen molar-refractivity contribution in [1.29, 1.82) is 0 Å². The second-order valence-corrected chi connectivity index (χ2v) is 9.44. The van der Waals surface area contributed by atoms with Crippen LogP contribution in [-0.4, -0.2) is 49.8 Å². The second-order valence-electron chi connectivity index (χ2n) is 7.73. The Morgan fingerprint density at radius 1 is 1.31 bits per heavy atom. The highest BCUT2D eigenvalue weighted by atomic mass is 35.5. The van der Waals surface area contributed by atoms with Crippen LogP contribution in [0.1, 0.15) is 24.5 Å². The summed E-state index contributed by atoms with van der Waals surface area (Å²) in [6.45, 7) is 4.14. The van der Waals surface area contributed by atoms with Gasteiger partial charge in [-0.05, 0) is 25.0 Å². The summed E-state index contributed by atoms with van der Waals surface area (Å²) in [7, 11) is 0. The molecule has 0 bridgehead atoms. The standard InChI is InChI=1S/C21H21ClF3N5OS/c1-13(19(31)26-16-7-8-29(12-16)10-14-5-3-2-4-6-14)32-20-28-27-18-17(22)9-15(11-30(18)20)21(23,24)25/h2-6,9,11,13,16H,7-8,10,12H2,1H3,(H,26,31). The molecule has 1 fully saturated rings. The lowest BCUT2D eigenvalue weighted by molar-refractivity contribution is -0.137. The SMILES string of the molecule is CC(Sc1nnc2c(Cl)cc(C(F)(F)F)cn12)C(=O)NC1CCN(Cc2ccccc2)C1. The molecule has 2 aromatic heterocycles. The minimum atomic E-state index is -4.55. The van der Waals surface area contributed by atoms with Gasteiger partial charge in [-0.15, -0.1) is 10.2 Å². The van der Waals surface area contributed by atoms with Crippen LogP contribution in [0.5, 0.6) is 0 Å². The molecule has 4 rings (SSSR count). The molecule has 0 radical (unpaired) electrons. The van der Waals surface area contributed by atoms with Crippen LogP contribution >= 0.6 is 23.4 Å². The lowest BCUT2D eigenvalue weighted by atomic mass is 10.2. The third kappa shape index (κ3) is 5.19. The minimum absolute atomic E-state index is 0.0238. The summed E-state index contributed by atoms with van der Waals surface area (Å²) in [5, 5.41) is 10.3. The summed E-state index contributed by atoms with van der Waals surface area (Å²) in [4.78, 5) is 15.0. The van der Waals surface area contributed by atoms with E-state index in [-0.39, 0.29) is 27.8 Å². The van der Waals surface area contributed by atoms with E-state index in [0.717, 1.165) is 50.1 Å². The number of thioether (sulfide) groups is 1. The number of carbonyl (C=O) groups excluding carboxylic acids is 1. The quantitative estimate of drug-likeness (QED) is 0.530. The van der Waals surface area contributed by atoms with Gasteiger partial charge in [-0.2, -0.15) is 13.2 Å². The van der Waals surface area contributed by atoms with Crippen molar-refractivity contribution in [1.82, 2.24) is 24.8 Å². The first kappa shape index (κ1) is 22.9. The van der Waals surface area contributed by atoms with Crippen molar-refractivity contribution in [3.8, 4) is 0 Å². The molecular weight excluding hydrogens is 463 g/mol. The van der Waals surface area contributed by atoms with Crippen molar-refractivity contribution in [2.75, 3.05) is 13.1 Å². The fraction of sp³-hybridized carbons (Fsp3) is 0.381. The fourth-order valence-electron chi connectivity index (χ4n) is 3.63. The first-order valence-corrected chi connectivity index (χ1v) is 11.3. The molecule has 1 aliphatic heterocycles. The number of alkyl halides is 3. The molecule has 3 heterocycles. The molecule has 2 unspecified atom stereocenters. The van der Waals surface area contributed by atoms with Gasteiger partial charge in [0, 0.05) is 31.9 Å². The number of halogens is 4. The van der Waals surface area contributed by atoms with E-state index >= 15 is 0 Å². The molecule has 1 amide bonds. The maximum absolute atomic E-state index is 13.1. The Bertz CT molecular complexity index is 1110. The van der Waals surface area contributed by atoms with Crippen molar-refractivity contribution in [3.63, 3.8) is 0 Å². The zero-order chi connectivity index (χ0) is 22.9. The van der Waals surface area contributed by atoms with Gasteiger partial charge in [-0.1, -0.05) is 53.7 Å². The molecule has 3 aromatic rings. The summed E-state index contributed by atoms with van der Waals surface area (Å²) < 4.78 is 40.6. The maximum Gasteiger partial charge on any atom is 0.417 e. The number of rotatable bonds is 6. The highest BCUT2D eigenvalue weighted by molar-refractivity contribution is 8.00. The summed E-state index contributed by atoms with van der Waals surface area (Å²) in [6.07, 6.45) is -2.82. The zero-order valence-corrected chi connectivity index (χ0v) is 18.7. The molecule has 11 heteroatoms. The topological polar surface area (TPSA) is 62.5 Å². The van der Waals surface area contributed by atoms with Gasteiger partial charge >= 0.3 is 6.18 Å². The van der Waals surface area contributed by atoms with Gasteiger partial charge in [-0.3, -0.25) is 14.1 Å². The first-order chi connectivity index (χ1) is 15.2. The minimum Gasteiger partial charge on any atom is -0.351 e. The van der Waals surface area contributed by atoms with Crippen LogP contribution < -0.4 is 5.32 Å². The van der Waals surface area contributed by atoms with E-state index in [9.17, 15) is 18.0 Å². The monoisotopic (exact) mass is 483 g/mol. The molecule has 0 spiro atoms. The van der Waals surface area contributed by atoms with Gasteiger partial charge in [0.1, 0.15) is 0 Å². The van der Waals surface area contributed by atoms with Gasteiger partial charge in [0.25, 0.3) is 0 Å². The Kier molecular flexibility index (Phi) is 6.64. The number of carbonyl (C=O) groups is 1. The first-order valence-electron chi connectivity index (χ1n) is 10.1. The normalized spacial score (nSPS) is 18.2. The number of nitrogens with zero attached hydrogens (tertiary/aromatic N) is 4. The summed E-state index contributed by atoms with van der Waals surface area (Å²) in [6, 6.07) is 11.0. The number of pyridine rings is 1. The molecule has 2 atom stereocenters. The Hall–Kier alpha value is -2.30. The van der Waals surface area contributed by atoms with Crippen LogP contribution in [0.15, 0.2) is 47.8 Å². The largest absolute Gasteiger partial charge is 0.417 e. The third-order valence-electron chi connectivity index (χ3n) is 5.28. The molecule has 0 saturated carbocycles. The van der Waals surface area contributed by atoms with Gasteiger partial charge in [0.2, 0.25) is 5.91 Å². The van der Waals surface area contributed by atoms with Crippen molar-refractivity contribution in [3.05, 3.63) is 58.7 Å². The van der Waals surface area contributed by atoms with Crippen LogP contribution in [0.2, 0.25) is 5.02 Å². The lowest BCUT2D eigenvalue weighted by Crippen LogP contribution is -2.40. The fourth-order valence-corrected chi connectivity index (χ4v) is 4.71. The number of fused-ring (bicyclic) bond motifs is 1. The summed E-state index contributed by atoms with van der Waals surface area (Å²) in [5.74, 6) is -0.198. The van der Waals surface area contributed by atoms with Gasteiger partial charge in [0.05, 0.1) is 15.8 Å². The van der Waals surface area contributed by atoms with Crippen LogP contribution in [0, 0.1) is 0 Å². The molecule has 0 aliphatic carbocycles. The number of hydrogen-bond acceptors (Lipinski definition) is 5. The number of hydrogen-bond donors (Lipinski definition) is 1. The predicted octanol–water partition coefficient (Wildman–Crippen LogP) is 4.27. The van der Waals surface area contributed by atoms with Crippen molar-refractivity contribution < 1.29 is 18.0 Å². The number of nitrogens with one attached hydrogen (secondary N) is 1. The van der Waals surface area contributed by atoms with E-state index < -0.39 is 17.0 Å². The average Bonchev–Trinajstić information content (AvgIpc) is 3.35. The van der Waals surface area contributed by atoms with Crippen LogP contribution in [0.4, 0.5) is 13.2 Å². The molecule has 6 nitrogen and oxygen atoms in total. The van der Waals surface area contributed by atoms with Gasteiger partial charge in [0.15, 0.2) is 10.8 Å².